The standard InChI is InChI=1S/C20H23N3OS/c1-14(2)16-7-5-15(6-8-16)12-23(17-9-10-17)13-19-21-22-20(24-19)18-4-3-11-25-18/h3-8,11,14,17H,9-10,12-13H2,1-2H3. The molecule has 0 saturated heterocycles. The molecule has 0 amide bonds. The molecule has 0 bridgehead atoms. The molecular weight excluding hydrogens is 330 g/mol. The average Bonchev–Trinajstić information content (AvgIpc) is 3.11. The van der Waals surface area contributed by atoms with Crippen LogP contribution in [0.15, 0.2) is 46.2 Å². The van der Waals surface area contributed by atoms with E-state index in [1.165, 1.54) is 24.0 Å². The second-order valence-electron chi connectivity index (χ2n) is 7.01. The van der Waals surface area contributed by atoms with Crippen LogP contribution in [0, 0.1) is 0 Å². The van der Waals surface area contributed by atoms with E-state index in [0.717, 1.165) is 18.0 Å². The lowest BCUT2D eigenvalue weighted by molar-refractivity contribution is 0.221. The zero-order valence-corrected chi connectivity index (χ0v) is 15.5. The Labute approximate surface area is 152 Å². The van der Waals surface area contributed by atoms with E-state index in [1.807, 2.05) is 17.5 Å². The van der Waals surface area contributed by atoms with Crippen molar-refractivity contribution in [3.63, 3.8) is 0 Å². The van der Waals surface area contributed by atoms with Gasteiger partial charge in [0.25, 0.3) is 5.89 Å². The number of hydrogen-bond acceptors (Lipinski definition) is 5. The van der Waals surface area contributed by atoms with E-state index < -0.39 is 0 Å². The maximum Gasteiger partial charge on any atom is 0.257 e. The molecule has 130 valence electrons. The number of nitrogens with zero attached hydrogens (tertiary/aromatic N) is 3. The molecular formula is C20H23N3OS. The maximum absolute atomic E-state index is 5.87. The number of hydrogen-bond donors (Lipinski definition) is 0. The highest BCUT2D eigenvalue weighted by molar-refractivity contribution is 7.13. The van der Waals surface area contributed by atoms with Crippen LogP contribution in [-0.2, 0) is 13.1 Å². The van der Waals surface area contributed by atoms with E-state index >= 15 is 0 Å². The van der Waals surface area contributed by atoms with E-state index in [4.69, 9.17) is 4.42 Å². The molecule has 5 heteroatoms. The molecule has 0 atom stereocenters. The Bertz CT molecular complexity index is 804. The van der Waals surface area contributed by atoms with Crippen molar-refractivity contribution in [1.29, 1.82) is 0 Å². The van der Waals surface area contributed by atoms with Gasteiger partial charge in [-0.05, 0) is 41.3 Å². The molecule has 4 nitrogen and oxygen atoms in total. The molecule has 1 aliphatic rings. The molecule has 0 aliphatic heterocycles. The Morgan fingerprint density at radius 2 is 1.92 bits per heavy atom. The van der Waals surface area contributed by atoms with E-state index in [0.29, 0.717) is 23.7 Å². The monoisotopic (exact) mass is 353 g/mol. The summed E-state index contributed by atoms with van der Waals surface area (Å²) in [5.41, 5.74) is 2.73. The predicted molar refractivity (Wildman–Crippen MR) is 100 cm³/mol. The molecule has 1 aromatic carbocycles. The molecule has 1 aliphatic carbocycles. The lowest BCUT2D eigenvalue weighted by Crippen LogP contribution is -2.25. The van der Waals surface area contributed by atoms with Crippen LogP contribution in [0.1, 0.15) is 49.6 Å². The first-order valence-electron chi connectivity index (χ1n) is 8.88. The third-order valence-electron chi connectivity index (χ3n) is 4.63. The molecule has 1 fully saturated rings. The van der Waals surface area contributed by atoms with Gasteiger partial charge in [-0.1, -0.05) is 44.2 Å². The summed E-state index contributed by atoms with van der Waals surface area (Å²) in [5.74, 6) is 1.90. The van der Waals surface area contributed by atoms with E-state index in [2.05, 4.69) is 53.2 Å². The molecule has 3 aromatic rings. The van der Waals surface area contributed by atoms with Gasteiger partial charge in [-0.15, -0.1) is 21.5 Å². The Morgan fingerprint density at radius 1 is 1.12 bits per heavy atom. The molecule has 2 heterocycles. The van der Waals surface area contributed by atoms with Gasteiger partial charge in [0.15, 0.2) is 0 Å². The quantitative estimate of drug-likeness (QED) is 0.593. The highest BCUT2D eigenvalue weighted by Crippen LogP contribution is 2.31. The third-order valence-corrected chi connectivity index (χ3v) is 5.49. The van der Waals surface area contributed by atoms with Crippen LogP contribution in [0.5, 0.6) is 0 Å². The van der Waals surface area contributed by atoms with Crippen LogP contribution in [0.3, 0.4) is 0 Å². The number of aromatic nitrogens is 2. The zero-order chi connectivity index (χ0) is 17.2. The minimum Gasteiger partial charge on any atom is -0.419 e. The first-order chi connectivity index (χ1) is 12.2. The fraction of sp³-hybridized carbons (Fsp3) is 0.400. The fourth-order valence-electron chi connectivity index (χ4n) is 2.99. The van der Waals surface area contributed by atoms with Crippen molar-refractivity contribution < 1.29 is 4.42 Å². The SMILES string of the molecule is CC(C)c1ccc(CN(Cc2nnc(-c3cccs3)o2)C2CC2)cc1. The van der Waals surface area contributed by atoms with Gasteiger partial charge >= 0.3 is 0 Å². The topological polar surface area (TPSA) is 42.2 Å². The average molecular weight is 353 g/mol. The van der Waals surface area contributed by atoms with Gasteiger partial charge < -0.3 is 4.42 Å². The van der Waals surface area contributed by atoms with E-state index in [-0.39, 0.29) is 0 Å². The summed E-state index contributed by atoms with van der Waals surface area (Å²) >= 11 is 1.62. The van der Waals surface area contributed by atoms with Crippen molar-refractivity contribution in [3.8, 4) is 10.8 Å². The number of thiophene rings is 1. The Balaban J connectivity index is 1.45. The summed E-state index contributed by atoms with van der Waals surface area (Å²) in [5, 5.41) is 10.5. The summed E-state index contributed by atoms with van der Waals surface area (Å²) in [6.07, 6.45) is 2.52. The first-order valence-corrected chi connectivity index (χ1v) is 9.76. The van der Waals surface area contributed by atoms with Gasteiger partial charge in [0, 0.05) is 12.6 Å². The summed E-state index contributed by atoms with van der Waals surface area (Å²) in [7, 11) is 0. The zero-order valence-electron chi connectivity index (χ0n) is 14.7. The first kappa shape index (κ1) is 16.5. The highest BCUT2D eigenvalue weighted by atomic mass is 32.1. The second kappa shape index (κ2) is 7.10. The van der Waals surface area contributed by atoms with Crippen LogP contribution in [-0.4, -0.2) is 21.1 Å². The van der Waals surface area contributed by atoms with Crippen LogP contribution in [0.25, 0.3) is 10.8 Å². The van der Waals surface area contributed by atoms with Gasteiger partial charge in [0.1, 0.15) is 0 Å². The summed E-state index contributed by atoms with van der Waals surface area (Å²) in [6, 6.07) is 13.6. The van der Waals surface area contributed by atoms with Gasteiger partial charge in [0.05, 0.1) is 11.4 Å². The molecule has 2 aromatic heterocycles. The van der Waals surface area contributed by atoms with Crippen LogP contribution in [0.2, 0.25) is 0 Å². The van der Waals surface area contributed by atoms with Gasteiger partial charge in [-0.25, -0.2) is 0 Å². The molecule has 1 saturated carbocycles. The summed E-state index contributed by atoms with van der Waals surface area (Å²) in [4.78, 5) is 3.48. The summed E-state index contributed by atoms with van der Waals surface area (Å²) in [6.45, 7) is 6.10. The van der Waals surface area contributed by atoms with Gasteiger partial charge in [-0.3, -0.25) is 4.90 Å². The van der Waals surface area contributed by atoms with Crippen molar-refractivity contribution in [3.05, 3.63) is 58.8 Å². The number of rotatable bonds is 7. The molecule has 0 radical (unpaired) electrons. The van der Waals surface area contributed by atoms with Crippen molar-refractivity contribution in [1.82, 2.24) is 15.1 Å². The largest absolute Gasteiger partial charge is 0.419 e. The second-order valence-corrected chi connectivity index (χ2v) is 7.96. The van der Waals surface area contributed by atoms with Crippen molar-refractivity contribution in [2.45, 2.75) is 51.7 Å². The van der Waals surface area contributed by atoms with Crippen LogP contribution < -0.4 is 0 Å². The van der Waals surface area contributed by atoms with Crippen molar-refractivity contribution >= 4 is 11.3 Å². The highest BCUT2D eigenvalue weighted by Gasteiger charge is 2.30. The Kier molecular flexibility index (Phi) is 4.68. The Hall–Kier alpha value is -1.98. The molecule has 4 rings (SSSR count). The number of benzene rings is 1. The van der Waals surface area contributed by atoms with Gasteiger partial charge in [-0.2, -0.15) is 0 Å². The predicted octanol–water partition coefficient (Wildman–Crippen LogP) is 5.09. The maximum atomic E-state index is 5.87. The lowest BCUT2D eigenvalue weighted by atomic mass is 10.0. The minimum absolute atomic E-state index is 0.572. The molecule has 25 heavy (non-hydrogen) atoms. The Morgan fingerprint density at radius 3 is 2.56 bits per heavy atom. The van der Waals surface area contributed by atoms with E-state index in [9.17, 15) is 0 Å². The van der Waals surface area contributed by atoms with Crippen molar-refractivity contribution in [2.24, 2.45) is 0 Å². The molecule has 0 spiro atoms. The summed E-state index contributed by atoms with van der Waals surface area (Å²) < 4.78 is 5.87. The fourth-order valence-corrected chi connectivity index (χ4v) is 3.63. The smallest absolute Gasteiger partial charge is 0.257 e. The normalized spacial score (nSPS) is 14.6. The van der Waals surface area contributed by atoms with E-state index in [1.54, 1.807) is 11.3 Å². The minimum atomic E-state index is 0.572. The van der Waals surface area contributed by atoms with Crippen LogP contribution in [0.4, 0.5) is 0 Å². The molecule has 0 unspecified atom stereocenters. The third kappa shape index (κ3) is 3.99. The van der Waals surface area contributed by atoms with Crippen molar-refractivity contribution in [2.75, 3.05) is 0 Å². The van der Waals surface area contributed by atoms with Gasteiger partial charge in [0.2, 0.25) is 5.89 Å². The lowest BCUT2D eigenvalue weighted by Gasteiger charge is -2.20. The molecule has 0 N–H and O–H groups in total. The van der Waals surface area contributed by atoms with Crippen LogP contribution >= 0.6 is 11.3 Å².